The Bertz CT molecular complexity index is 410. The summed E-state index contributed by atoms with van der Waals surface area (Å²) in [6.07, 6.45) is -4.23. The molecule has 0 aliphatic heterocycles. The first-order valence-electron chi connectivity index (χ1n) is 6.54. The number of hydrogen-bond donors (Lipinski definition) is 2. The molecule has 0 aliphatic rings. The van der Waals surface area contributed by atoms with Gasteiger partial charge < -0.3 is 15.2 Å². The van der Waals surface area contributed by atoms with Crippen LogP contribution in [0.15, 0.2) is 24.3 Å². The van der Waals surface area contributed by atoms with Gasteiger partial charge in [0.2, 0.25) is 0 Å². The van der Waals surface area contributed by atoms with Gasteiger partial charge in [-0.05, 0) is 31.5 Å². The summed E-state index contributed by atoms with van der Waals surface area (Å²) in [5.74, 6) is 0.0995. The molecule has 114 valence electrons. The molecule has 0 aliphatic carbocycles. The first-order valence-corrected chi connectivity index (χ1v) is 6.54. The average Bonchev–Trinajstić information content (AvgIpc) is 2.41. The second-order valence-corrected chi connectivity index (χ2v) is 4.71. The largest absolute Gasteiger partial charge is 0.491 e. The highest BCUT2D eigenvalue weighted by Gasteiger charge is 2.30. The number of hydrogen-bond acceptors (Lipinski definition) is 3. The topological polar surface area (TPSA) is 41.5 Å². The molecule has 2 N–H and O–H groups in total. The lowest BCUT2D eigenvalue weighted by atomic mass is 10.2. The first-order chi connectivity index (χ1) is 9.32. The Kier molecular flexibility index (Phi) is 6.29. The Labute approximate surface area is 116 Å². The van der Waals surface area contributed by atoms with Gasteiger partial charge in [0.1, 0.15) is 18.5 Å². The molecule has 20 heavy (non-hydrogen) atoms. The van der Waals surface area contributed by atoms with Crippen molar-refractivity contribution in [1.29, 1.82) is 0 Å². The molecule has 0 aromatic heterocycles. The van der Waals surface area contributed by atoms with Gasteiger partial charge in [-0.25, -0.2) is 0 Å². The Hall–Kier alpha value is -1.27. The van der Waals surface area contributed by atoms with Crippen LogP contribution in [0.4, 0.5) is 13.2 Å². The molecular weight excluding hydrogens is 271 g/mol. The first kappa shape index (κ1) is 16.8. The fourth-order valence-corrected chi connectivity index (χ4v) is 1.50. The summed E-state index contributed by atoms with van der Waals surface area (Å²) in [5, 5.41) is 12.8. The molecule has 0 spiro atoms. The van der Waals surface area contributed by atoms with E-state index >= 15 is 0 Å². The summed E-state index contributed by atoms with van der Waals surface area (Å²) in [6.45, 7) is 4.29. The second kappa shape index (κ2) is 7.50. The minimum atomic E-state index is -4.39. The van der Waals surface area contributed by atoms with Crippen molar-refractivity contribution in [3.8, 4) is 5.75 Å². The van der Waals surface area contributed by atoms with Crippen LogP contribution in [0, 0.1) is 0 Å². The molecule has 2 unspecified atom stereocenters. The standard InChI is InChI=1S/C14H20F3NO2/c1-3-10(2)18-8-12(19)9-20-13-6-4-5-11(7-13)14(15,16)17/h4-7,10,12,18-19H,3,8-9H2,1-2H3. The van der Waals surface area contributed by atoms with Gasteiger partial charge in [-0.15, -0.1) is 0 Å². The lowest BCUT2D eigenvalue weighted by Gasteiger charge is -2.17. The highest BCUT2D eigenvalue weighted by molar-refractivity contribution is 5.30. The fraction of sp³-hybridized carbons (Fsp3) is 0.571. The Morgan fingerprint density at radius 1 is 1.35 bits per heavy atom. The van der Waals surface area contributed by atoms with Gasteiger partial charge in [0.15, 0.2) is 0 Å². The molecule has 1 rings (SSSR count). The van der Waals surface area contributed by atoms with Gasteiger partial charge in [-0.2, -0.15) is 13.2 Å². The number of nitrogens with one attached hydrogen (secondary N) is 1. The predicted octanol–water partition coefficient (Wildman–Crippen LogP) is 2.83. The maximum absolute atomic E-state index is 12.5. The number of alkyl halides is 3. The van der Waals surface area contributed by atoms with Gasteiger partial charge >= 0.3 is 6.18 Å². The minimum Gasteiger partial charge on any atom is -0.491 e. The van der Waals surface area contributed by atoms with Gasteiger partial charge in [0, 0.05) is 12.6 Å². The van der Waals surface area contributed by atoms with Crippen LogP contribution in [0.25, 0.3) is 0 Å². The van der Waals surface area contributed by atoms with E-state index in [1.165, 1.54) is 12.1 Å². The third-order valence-corrected chi connectivity index (χ3v) is 2.92. The molecule has 0 bridgehead atoms. The third-order valence-electron chi connectivity index (χ3n) is 2.92. The summed E-state index contributed by atoms with van der Waals surface area (Å²) >= 11 is 0. The van der Waals surface area contributed by atoms with Crippen molar-refractivity contribution < 1.29 is 23.0 Å². The van der Waals surface area contributed by atoms with Crippen LogP contribution in [-0.2, 0) is 6.18 Å². The van der Waals surface area contributed by atoms with E-state index in [1.807, 2.05) is 13.8 Å². The summed E-state index contributed by atoms with van der Waals surface area (Å²) in [6, 6.07) is 4.90. The SMILES string of the molecule is CCC(C)NCC(O)COc1cccc(C(F)(F)F)c1. The van der Waals surface area contributed by atoms with E-state index in [2.05, 4.69) is 5.32 Å². The Morgan fingerprint density at radius 2 is 2.05 bits per heavy atom. The third kappa shape index (κ3) is 5.79. The highest BCUT2D eigenvalue weighted by Crippen LogP contribution is 2.31. The highest BCUT2D eigenvalue weighted by atomic mass is 19.4. The molecule has 0 heterocycles. The number of aliphatic hydroxyl groups excluding tert-OH is 1. The zero-order valence-corrected chi connectivity index (χ0v) is 11.6. The molecule has 3 nitrogen and oxygen atoms in total. The maximum atomic E-state index is 12.5. The quantitative estimate of drug-likeness (QED) is 0.811. The number of ether oxygens (including phenoxy) is 1. The molecule has 2 atom stereocenters. The van der Waals surface area contributed by atoms with Crippen molar-refractivity contribution in [1.82, 2.24) is 5.32 Å². The molecule has 6 heteroatoms. The molecule has 1 aromatic rings. The second-order valence-electron chi connectivity index (χ2n) is 4.71. The van der Waals surface area contributed by atoms with E-state index in [4.69, 9.17) is 4.74 Å². The lowest BCUT2D eigenvalue weighted by Crippen LogP contribution is -2.36. The van der Waals surface area contributed by atoms with Crippen molar-refractivity contribution in [2.45, 2.75) is 38.6 Å². The molecule has 1 aromatic carbocycles. The normalized spacial score (nSPS) is 14.9. The summed E-state index contributed by atoms with van der Waals surface area (Å²) in [5.41, 5.74) is -0.762. The Morgan fingerprint density at radius 3 is 2.65 bits per heavy atom. The van der Waals surface area contributed by atoms with Crippen LogP contribution in [-0.4, -0.2) is 30.4 Å². The predicted molar refractivity (Wildman–Crippen MR) is 70.7 cm³/mol. The van der Waals surface area contributed by atoms with Crippen molar-refractivity contribution in [2.75, 3.05) is 13.2 Å². The lowest BCUT2D eigenvalue weighted by molar-refractivity contribution is -0.137. The summed E-state index contributed by atoms with van der Waals surface area (Å²) in [7, 11) is 0. The van der Waals surface area contributed by atoms with Crippen molar-refractivity contribution in [3.63, 3.8) is 0 Å². The summed E-state index contributed by atoms with van der Waals surface area (Å²) in [4.78, 5) is 0. The van der Waals surface area contributed by atoms with Gasteiger partial charge in [0.05, 0.1) is 5.56 Å². The van der Waals surface area contributed by atoms with Crippen LogP contribution < -0.4 is 10.1 Å². The zero-order valence-electron chi connectivity index (χ0n) is 11.6. The average molecular weight is 291 g/mol. The molecular formula is C14H20F3NO2. The van der Waals surface area contributed by atoms with Crippen LogP contribution in [0.2, 0.25) is 0 Å². The monoisotopic (exact) mass is 291 g/mol. The van der Waals surface area contributed by atoms with Crippen LogP contribution in [0.3, 0.4) is 0 Å². The van der Waals surface area contributed by atoms with Crippen LogP contribution in [0.5, 0.6) is 5.75 Å². The van der Waals surface area contributed by atoms with Gasteiger partial charge in [-0.3, -0.25) is 0 Å². The number of aliphatic hydroxyl groups is 1. The fourth-order valence-electron chi connectivity index (χ4n) is 1.50. The van der Waals surface area contributed by atoms with Crippen molar-refractivity contribution in [2.24, 2.45) is 0 Å². The number of rotatable bonds is 7. The number of halogens is 3. The minimum absolute atomic E-state index is 0.0508. The van der Waals surface area contributed by atoms with Crippen molar-refractivity contribution >= 4 is 0 Å². The van der Waals surface area contributed by atoms with E-state index in [-0.39, 0.29) is 18.4 Å². The smallest absolute Gasteiger partial charge is 0.416 e. The molecule has 0 saturated carbocycles. The van der Waals surface area contributed by atoms with E-state index in [0.717, 1.165) is 18.6 Å². The number of benzene rings is 1. The molecule has 0 amide bonds. The molecule has 0 saturated heterocycles. The van der Waals surface area contributed by atoms with E-state index < -0.39 is 17.8 Å². The molecule has 0 fully saturated rings. The van der Waals surface area contributed by atoms with E-state index in [0.29, 0.717) is 6.54 Å². The maximum Gasteiger partial charge on any atom is 0.416 e. The van der Waals surface area contributed by atoms with E-state index in [1.54, 1.807) is 0 Å². The zero-order chi connectivity index (χ0) is 15.2. The summed E-state index contributed by atoms with van der Waals surface area (Å²) < 4.78 is 42.7. The van der Waals surface area contributed by atoms with Crippen LogP contribution >= 0.6 is 0 Å². The van der Waals surface area contributed by atoms with Gasteiger partial charge in [0.25, 0.3) is 0 Å². The van der Waals surface area contributed by atoms with Gasteiger partial charge in [-0.1, -0.05) is 13.0 Å². The van der Waals surface area contributed by atoms with Crippen LogP contribution in [0.1, 0.15) is 25.8 Å². The molecule has 0 radical (unpaired) electrons. The van der Waals surface area contributed by atoms with E-state index in [9.17, 15) is 18.3 Å². The van der Waals surface area contributed by atoms with Crippen molar-refractivity contribution in [3.05, 3.63) is 29.8 Å². The Balaban J connectivity index is 2.45.